The lowest BCUT2D eigenvalue weighted by Gasteiger charge is -2.27. The molecule has 1 aliphatic heterocycles. The lowest BCUT2D eigenvalue weighted by atomic mass is 10.0. The smallest absolute Gasteiger partial charge is 0.298 e. The highest BCUT2D eigenvalue weighted by molar-refractivity contribution is 5.14. The predicted molar refractivity (Wildman–Crippen MR) is 60.2 cm³/mol. The maximum Gasteiger partial charge on any atom is 0.298 e. The summed E-state index contributed by atoms with van der Waals surface area (Å²) in [6.07, 6.45) is 0. The van der Waals surface area contributed by atoms with E-state index >= 15 is 0 Å². The quantitative estimate of drug-likeness (QED) is 0.726. The molecule has 0 saturated carbocycles. The summed E-state index contributed by atoms with van der Waals surface area (Å²) in [7, 11) is 1.71. The van der Waals surface area contributed by atoms with Gasteiger partial charge in [0.05, 0.1) is 12.2 Å². The Bertz CT molecular complexity index is 285. The van der Waals surface area contributed by atoms with Crippen molar-refractivity contribution in [3.63, 3.8) is 0 Å². The molecule has 0 saturated heterocycles. The summed E-state index contributed by atoms with van der Waals surface area (Å²) >= 11 is 0. The van der Waals surface area contributed by atoms with Gasteiger partial charge in [0.15, 0.2) is 6.61 Å². The molecule has 0 amide bonds. The number of rotatable bonds is 2. The molecule has 0 radical (unpaired) electrons. The van der Waals surface area contributed by atoms with Crippen LogP contribution in [-0.4, -0.2) is 31.0 Å². The lowest BCUT2D eigenvalue weighted by molar-refractivity contribution is -0.0649. The van der Waals surface area contributed by atoms with Crippen molar-refractivity contribution >= 4 is 0 Å². The van der Waals surface area contributed by atoms with E-state index < -0.39 is 12.5 Å². The van der Waals surface area contributed by atoms with E-state index in [2.05, 4.69) is 0 Å². The van der Waals surface area contributed by atoms with Gasteiger partial charge >= 0.3 is 0 Å². The number of ether oxygens (including phenoxy) is 1. The third-order valence-electron chi connectivity index (χ3n) is 2.64. The molecule has 1 aliphatic rings. The zero-order valence-electron chi connectivity index (χ0n) is 10.7. The summed E-state index contributed by atoms with van der Waals surface area (Å²) in [5.41, 5.74) is 0.896. The summed E-state index contributed by atoms with van der Waals surface area (Å²) < 4.78 is 32.1. The molecule has 16 heavy (non-hydrogen) atoms. The fourth-order valence-electron chi connectivity index (χ4n) is 2.11. The van der Waals surface area contributed by atoms with Crippen LogP contribution in [0.15, 0.2) is 11.5 Å². The van der Waals surface area contributed by atoms with Crippen LogP contribution in [0.5, 0.6) is 0 Å². The Kier molecular flexibility index (Phi) is 3.81. The number of hydrogen-bond donors (Lipinski definition) is 0. The molecule has 0 fully saturated rings. The highest BCUT2D eigenvalue weighted by Crippen LogP contribution is 2.31. The van der Waals surface area contributed by atoms with Crippen LogP contribution in [0.3, 0.4) is 0 Å². The molecule has 0 aromatic rings. The standard InChI is InChI=1S/C12H21F2NO/c1-8(2)10-11(9(3)4)16-7-12(13,14)6-15(10)5/h8-9H,6-7H2,1-5H3. The second kappa shape index (κ2) is 4.60. The van der Waals surface area contributed by atoms with Gasteiger partial charge in [-0.05, 0) is 5.92 Å². The molecule has 0 aliphatic carbocycles. The molecular formula is C12H21F2NO. The minimum Gasteiger partial charge on any atom is -0.489 e. The van der Waals surface area contributed by atoms with E-state index in [4.69, 9.17) is 4.74 Å². The monoisotopic (exact) mass is 233 g/mol. The maximum atomic E-state index is 13.4. The van der Waals surface area contributed by atoms with E-state index in [1.165, 1.54) is 0 Å². The van der Waals surface area contributed by atoms with Gasteiger partial charge in [0.25, 0.3) is 5.92 Å². The van der Waals surface area contributed by atoms with Crippen LogP contribution in [0.2, 0.25) is 0 Å². The van der Waals surface area contributed by atoms with Gasteiger partial charge < -0.3 is 9.64 Å². The third-order valence-corrected chi connectivity index (χ3v) is 2.64. The molecule has 0 spiro atoms. The first-order valence-electron chi connectivity index (χ1n) is 5.70. The number of alkyl halides is 2. The van der Waals surface area contributed by atoms with Crippen LogP contribution < -0.4 is 0 Å². The SMILES string of the molecule is CC(C)C1=C(C(C)C)N(C)CC(F)(F)CO1. The predicted octanol–water partition coefficient (Wildman–Crippen LogP) is 3.11. The Morgan fingerprint density at radius 3 is 2.19 bits per heavy atom. The highest BCUT2D eigenvalue weighted by atomic mass is 19.3. The Morgan fingerprint density at radius 2 is 1.75 bits per heavy atom. The largest absolute Gasteiger partial charge is 0.489 e. The second-order valence-electron chi connectivity index (χ2n) is 5.06. The Labute approximate surface area is 96.3 Å². The summed E-state index contributed by atoms with van der Waals surface area (Å²) in [6.45, 7) is 7.16. The van der Waals surface area contributed by atoms with E-state index in [1.54, 1.807) is 11.9 Å². The van der Waals surface area contributed by atoms with Crippen LogP contribution in [-0.2, 0) is 4.74 Å². The van der Waals surface area contributed by atoms with Crippen LogP contribution in [0, 0.1) is 11.8 Å². The van der Waals surface area contributed by atoms with Crippen molar-refractivity contribution in [2.75, 3.05) is 20.2 Å². The van der Waals surface area contributed by atoms with Crippen molar-refractivity contribution in [2.45, 2.75) is 33.6 Å². The Balaban J connectivity index is 3.08. The number of halogens is 2. The van der Waals surface area contributed by atoms with Crippen LogP contribution in [0.25, 0.3) is 0 Å². The van der Waals surface area contributed by atoms with Crippen LogP contribution in [0.4, 0.5) is 8.78 Å². The van der Waals surface area contributed by atoms with Crippen molar-refractivity contribution < 1.29 is 13.5 Å². The molecule has 0 atom stereocenters. The first-order valence-corrected chi connectivity index (χ1v) is 5.70. The third kappa shape index (κ3) is 2.86. The van der Waals surface area contributed by atoms with Gasteiger partial charge in [0.2, 0.25) is 0 Å². The molecule has 94 valence electrons. The molecule has 0 aromatic carbocycles. The van der Waals surface area contributed by atoms with Crippen molar-refractivity contribution in [1.29, 1.82) is 0 Å². The van der Waals surface area contributed by atoms with Crippen LogP contribution >= 0.6 is 0 Å². The molecule has 0 unspecified atom stereocenters. The van der Waals surface area contributed by atoms with Gasteiger partial charge in [-0.15, -0.1) is 0 Å². The lowest BCUT2D eigenvalue weighted by Crippen LogP contribution is -2.35. The number of hydrogen-bond acceptors (Lipinski definition) is 2. The topological polar surface area (TPSA) is 12.5 Å². The minimum atomic E-state index is -2.77. The van der Waals surface area contributed by atoms with Gasteiger partial charge in [-0.2, -0.15) is 0 Å². The summed E-state index contributed by atoms with van der Waals surface area (Å²) in [5.74, 6) is -1.74. The van der Waals surface area contributed by atoms with Crippen LogP contribution in [0.1, 0.15) is 27.7 Å². The van der Waals surface area contributed by atoms with Crippen molar-refractivity contribution in [3.05, 3.63) is 11.5 Å². The molecule has 0 aromatic heterocycles. The molecule has 1 heterocycles. The Hall–Kier alpha value is -0.800. The Morgan fingerprint density at radius 1 is 1.19 bits per heavy atom. The zero-order chi connectivity index (χ0) is 12.5. The first-order chi connectivity index (χ1) is 7.24. The number of nitrogens with zero attached hydrogens (tertiary/aromatic N) is 1. The van der Waals surface area contributed by atoms with Gasteiger partial charge in [0.1, 0.15) is 5.76 Å². The summed E-state index contributed by atoms with van der Waals surface area (Å²) in [5, 5.41) is 0. The van der Waals surface area contributed by atoms with E-state index in [0.29, 0.717) is 5.76 Å². The van der Waals surface area contributed by atoms with Gasteiger partial charge in [-0.25, -0.2) is 8.78 Å². The summed E-state index contributed by atoms with van der Waals surface area (Å²) in [6, 6.07) is 0. The minimum absolute atomic E-state index is 0.133. The van der Waals surface area contributed by atoms with E-state index in [0.717, 1.165) is 5.70 Å². The van der Waals surface area contributed by atoms with E-state index in [9.17, 15) is 8.78 Å². The molecule has 0 N–H and O–H groups in total. The zero-order valence-corrected chi connectivity index (χ0v) is 10.7. The molecule has 2 nitrogen and oxygen atoms in total. The molecule has 1 rings (SSSR count). The fourth-order valence-corrected chi connectivity index (χ4v) is 2.11. The summed E-state index contributed by atoms with van der Waals surface area (Å²) in [4.78, 5) is 1.63. The van der Waals surface area contributed by atoms with Gasteiger partial charge in [0, 0.05) is 13.0 Å². The van der Waals surface area contributed by atoms with Gasteiger partial charge in [-0.3, -0.25) is 0 Å². The average Bonchev–Trinajstić information content (AvgIpc) is 2.19. The first kappa shape index (κ1) is 13.3. The number of allylic oxidation sites excluding steroid dienone is 2. The van der Waals surface area contributed by atoms with E-state index in [1.807, 2.05) is 27.7 Å². The second-order valence-corrected chi connectivity index (χ2v) is 5.06. The van der Waals surface area contributed by atoms with Crippen molar-refractivity contribution in [3.8, 4) is 0 Å². The average molecular weight is 233 g/mol. The highest BCUT2D eigenvalue weighted by Gasteiger charge is 2.37. The molecular weight excluding hydrogens is 212 g/mol. The fraction of sp³-hybridized carbons (Fsp3) is 0.833. The maximum absolute atomic E-state index is 13.4. The van der Waals surface area contributed by atoms with Crippen molar-refractivity contribution in [2.24, 2.45) is 11.8 Å². The molecule has 4 heteroatoms. The van der Waals surface area contributed by atoms with Crippen molar-refractivity contribution in [1.82, 2.24) is 4.90 Å². The normalized spacial score (nSPS) is 21.4. The molecule has 0 bridgehead atoms. The van der Waals surface area contributed by atoms with Gasteiger partial charge in [-0.1, -0.05) is 27.7 Å². The van der Waals surface area contributed by atoms with E-state index in [-0.39, 0.29) is 18.4 Å².